The molecule has 0 heterocycles. The Labute approximate surface area is 107 Å². The number of hydrogen-bond donors (Lipinski definition) is 1. The van der Waals surface area contributed by atoms with Gasteiger partial charge in [0, 0.05) is 5.56 Å². The van der Waals surface area contributed by atoms with Crippen LogP contribution in [0.5, 0.6) is 11.5 Å². The Morgan fingerprint density at radius 3 is 2.88 bits per heavy atom. The molecule has 0 unspecified atom stereocenters. The first-order valence-corrected chi connectivity index (χ1v) is 5.65. The number of rotatable bonds is 5. The van der Waals surface area contributed by atoms with Crippen LogP contribution in [0.2, 0.25) is 0 Å². The summed E-state index contributed by atoms with van der Waals surface area (Å²) in [4.78, 5) is 0. The molecule has 0 bridgehead atoms. The van der Waals surface area contributed by atoms with Crippen LogP contribution in [0.15, 0.2) is 21.8 Å². The molecule has 0 saturated heterocycles. The standard InChI is InChI=1S/C11H11BrN2O3/c1-2-16-10-6-8(7-14-15)5-9(12)11(10)17-4-3-13/h5-7,15H,2,4H2,1H3/b14-7+. The lowest BCUT2D eigenvalue weighted by molar-refractivity contribution is 0.297. The van der Waals surface area contributed by atoms with Crippen LogP contribution in [0.25, 0.3) is 0 Å². The van der Waals surface area contributed by atoms with Gasteiger partial charge in [-0.25, -0.2) is 0 Å². The molecule has 1 aromatic carbocycles. The van der Waals surface area contributed by atoms with Gasteiger partial charge in [-0.15, -0.1) is 0 Å². The normalized spacial score (nSPS) is 10.2. The van der Waals surface area contributed by atoms with E-state index >= 15 is 0 Å². The second-order valence-electron chi connectivity index (χ2n) is 2.95. The molecule has 0 atom stereocenters. The maximum atomic E-state index is 8.49. The molecule has 0 saturated carbocycles. The summed E-state index contributed by atoms with van der Waals surface area (Å²) < 4.78 is 11.3. The Morgan fingerprint density at radius 2 is 2.29 bits per heavy atom. The van der Waals surface area contributed by atoms with Gasteiger partial charge in [0.15, 0.2) is 18.1 Å². The lowest BCUT2D eigenvalue weighted by Crippen LogP contribution is -2.01. The van der Waals surface area contributed by atoms with Crippen molar-refractivity contribution in [2.45, 2.75) is 6.92 Å². The molecule has 1 N–H and O–H groups in total. The van der Waals surface area contributed by atoms with Crippen LogP contribution in [0.3, 0.4) is 0 Å². The van der Waals surface area contributed by atoms with Gasteiger partial charge in [-0.05, 0) is 35.0 Å². The first-order valence-electron chi connectivity index (χ1n) is 4.86. The highest BCUT2D eigenvalue weighted by atomic mass is 79.9. The molecule has 0 fully saturated rings. The Bertz CT molecular complexity index is 455. The summed E-state index contributed by atoms with van der Waals surface area (Å²) >= 11 is 3.31. The minimum absolute atomic E-state index is 0.0634. The quantitative estimate of drug-likeness (QED) is 0.515. The van der Waals surface area contributed by atoms with Gasteiger partial charge in [-0.3, -0.25) is 0 Å². The highest BCUT2D eigenvalue weighted by Crippen LogP contribution is 2.36. The molecule has 0 radical (unpaired) electrons. The number of nitrogens with zero attached hydrogens (tertiary/aromatic N) is 2. The average molecular weight is 299 g/mol. The van der Waals surface area contributed by atoms with Crippen molar-refractivity contribution in [3.8, 4) is 17.6 Å². The van der Waals surface area contributed by atoms with Crippen molar-refractivity contribution in [1.82, 2.24) is 0 Å². The van der Waals surface area contributed by atoms with Gasteiger partial charge in [0.2, 0.25) is 0 Å². The molecule has 0 aliphatic rings. The largest absolute Gasteiger partial charge is 0.490 e. The van der Waals surface area contributed by atoms with Gasteiger partial charge in [0.25, 0.3) is 0 Å². The highest BCUT2D eigenvalue weighted by molar-refractivity contribution is 9.10. The smallest absolute Gasteiger partial charge is 0.176 e. The number of oxime groups is 1. The fourth-order valence-electron chi connectivity index (χ4n) is 1.24. The Hall–Kier alpha value is -1.74. The molecule has 17 heavy (non-hydrogen) atoms. The van der Waals surface area contributed by atoms with Crippen molar-refractivity contribution in [3.05, 3.63) is 22.2 Å². The number of hydrogen-bond acceptors (Lipinski definition) is 5. The van der Waals surface area contributed by atoms with Crippen LogP contribution >= 0.6 is 15.9 Å². The van der Waals surface area contributed by atoms with E-state index < -0.39 is 0 Å². The van der Waals surface area contributed by atoms with E-state index in [0.29, 0.717) is 28.1 Å². The van der Waals surface area contributed by atoms with Gasteiger partial charge in [0.05, 0.1) is 17.3 Å². The molecule has 5 nitrogen and oxygen atoms in total. The Balaban J connectivity index is 3.13. The predicted molar refractivity (Wildman–Crippen MR) is 65.8 cm³/mol. The van der Waals surface area contributed by atoms with E-state index in [-0.39, 0.29) is 6.61 Å². The number of halogens is 1. The molecular weight excluding hydrogens is 288 g/mol. The van der Waals surface area contributed by atoms with Crippen molar-refractivity contribution in [2.24, 2.45) is 5.16 Å². The summed E-state index contributed by atoms with van der Waals surface area (Å²) in [5.74, 6) is 0.954. The van der Waals surface area contributed by atoms with E-state index in [1.807, 2.05) is 13.0 Å². The van der Waals surface area contributed by atoms with E-state index in [4.69, 9.17) is 19.9 Å². The van der Waals surface area contributed by atoms with Gasteiger partial charge < -0.3 is 14.7 Å². The van der Waals surface area contributed by atoms with E-state index in [9.17, 15) is 0 Å². The fourth-order valence-corrected chi connectivity index (χ4v) is 1.81. The van der Waals surface area contributed by atoms with E-state index in [2.05, 4.69) is 21.1 Å². The lowest BCUT2D eigenvalue weighted by Gasteiger charge is -2.12. The number of benzene rings is 1. The zero-order valence-electron chi connectivity index (χ0n) is 9.18. The monoisotopic (exact) mass is 298 g/mol. The third kappa shape index (κ3) is 3.64. The average Bonchev–Trinajstić information content (AvgIpc) is 2.29. The summed E-state index contributed by atoms with van der Waals surface area (Å²) in [5, 5.41) is 19.9. The third-order valence-electron chi connectivity index (χ3n) is 1.82. The molecular formula is C11H11BrN2O3. The number of nitriles is 1. The van der Waals surface area contributed by atoms with Crippen LogP contribution in [-0.4, -0.2) is 24.6 Å². The maximum absolute atomic E-state index is 8.49. The van der Waals surface area contributed by atoms with Crippen molar-refractivity contribution in [2.75, 3.05) is 13.2 Å². The molecule has 6 heteroatoms. The zero-order chi connectivity index (χ0) is 12.7. The van der Waals surface area contributed by atoms with Crippen molar-refractivity contribution < 1.29 is 14.7 Å². The molecule has 90 valence electrons. The van der Waals surface area contributed by atoms with Crippen molar-refractivity contribution >= 4 is 22.1 Å². The minimum Gasteiger partial charge on any atom is -0.490 e. The summed E-state index contributed by atoms with van der Waals surface area (Å²) in [6, 6.07) is 5.26. The van der Waals surface area contributed by atoms with Gasteiger partial charge >= 0.3 is 0 Å². The molecule has 1 rings (SSSR count). The van der Waals surface area contributed by atoms with Gasteiger partial charge in [0.1, 0.15) is 6.07 Å². The van der Waals surface area contributed by atoms with Gasteiger partial charge in [-0.1, -0.05) is 5.16 Å². The van der Waals surface area contributed by atoms with E-state index in [0.717, 1.165) is 0 Å². The van der Waals surface area contributed by atoms with E-state index in [1.165, 1.54) is 6.21 Å². The summed E-state index contributed by atoms with van der Waals surface area (Å²) in [6.07, 6.45) is 1.28. The predicted octanol–water partition coefficient (Wildman–Crippen LogP) is 2.56. The molecule has 1 aromatic rings. The minimum atomic E-state index is -0.0634. The van der Waals surface area contributed by atoms with Crippen LogP contribution in [-0.2, 0) is 0 Å². The van der Waals surface area contributed by atoms with Crippen LogP contribution < -0.4 is 9.47 Å². The van der Waals surface area contributed by atoms with Crippen molar-refractivity contribution in [1.29, 1.82) is 5.26 Å². The Morgan fingerprint density at radius 1 is 1.53 bits per heavy atom. The topological polar surface area (TPSA) is 74.8 Å². The van der Waals surface area contributed by atoms with Crippen LogP contribution in [0.4, 0.5) is 0 Å². The van der Waals surface area contributed by atoms with Crippen LogP contribution in [0, 0.1) is 11.3 Å². The van der Waals surface area contributed by atoms with Gasteiger partial charge in [-0.2, -0.15) is 5.26 Å². The summed E-state index contributed by atoms with van der Waals surface area (Å²) in [5.41, 5.74) is 0.659. The number of ether oxygens (including phenoxy) is 2. The second-order valence-corrected chi connectivity index (χ2v) is 3.81. The lowest BCUT2D eigenvalue weighted by atomic mass is 10.2. The van der Waals surface area contributed by atoms with Crippen LogP contribution in [0.1, 0.15) is 12.5 Å². The molecule has 0 spiro atoms. The first kappa shape index (κ1) is 13.3. The zero-order valence-corrected chi connectivity index (χ0v) is 10.8. The second kappa shape index (κ2) is 6.76. The third-order valence-corrected chi connectivity index (χ3v) is 2.41. The molecule has 0 aliphatic heterocycles. The fraction of sp³-hybridized carbons (Fsp3) is 0.273. The first-order chi connectivity index (χ1) is 8.22. The van der Waals surface area contributed by atoms with E-state index in [1.54, 1.807) is 12.1 Å². The summed E-state index contributed by atoms with van der Waals surface area (Å²) in [7, 11) is 0. The molecule has 0 aromatic heterocycles. The SMILES string of the molecule is CCOc1cc(/C=N/O)cc(Br)c1OCC#N. The maximum Gasteiger partial charge on any atom is 0.176 e. The summed E-state index contributed by atoms with van der Waals surface area (Å²) in [6.45, 7) is 2.25. The Kier molecular flexibility index (Phi) is 5.30. The van der Waals surface area contributed by atoms with Crippen molar-refractivity contribution in [3.63, 3.8) is 0 Å². The molecule has 0 amide bonds. The highest BCUT2D eigenvalue weighted by Gasteiger charge is 2.11. The molecule has 0 aliphatic carbocycles.